The molecule has 180 valence electrons. The molecule has 3 heterocycles. The first kappa shape index (κ1) is 23.2. The second kappa shape index (κ2) is 9.62. The smallest absolute Gasteiger partial charge is 0.345 e. The predicted octanol–water partition coefficient (Wildman–Crippen LogP) is 6.09. The Bertz CT molecular complexity index is 1130. The highest BCUT2D eigenvalue weighted by atomic mass is 32.1. The lowest BCUT2D eigenvalue weighted by molar-refractivity contribution is -0.137. The van der Waals surface area contributed by atoms with Crippen molar-refractivity contribution in [3.05, 3.63) is 47.9 Å². The average molecular weight is 488 g/mol. The van der Waals surface area contributed by atoms with Crippen LogP contribution in [0.3, 0.4) is 0 Å². The van der Waals surface area contributed by atoms with Crippen molar-refractivity contribution in [2.75, 3.05) is 38.1 Å². The third kappa shape index (κ3) is 4.81. The number of alkyl halides is 3. The Hall–Kier alpha value is -2.52. The summed E-state index contributed by atoms with van der Waals surface area (Å²) < 4.78 is 40.5. The van der Waals surface area contributed by atoms with E-state index in [0.717, 1.165) is 66.4 Å². The normalized spacial score (nSPS) is 18.4. The van der Waals surface area contributed by atoms with Crippen LogP contribution in [0.5, 0.6) is 0 Å². The van der Waals surface area contributed by atoms with Crippen LogP contribution in [0.25, 0.3) is 21.8 Å². The number of likely N-dealkylation sites (N-methyl/N-ethyl adjacent to an activating group) is 1. The van der Waals surface area contributed by atoms with Crippen LogP contribution in [0.15, 0.2) is 36.8 Å². The molecule has 5 rings (SSSR count). The molecule has 1 saturated heterocycles. The van der Waals surface area contributed by atoms with Crippen LogP contribution in [-0.2, 0) is 6.18 Å². The first-order valence-electron chi connectivity index (χ1n) is 11.8. The number of hydrogen-bond donors (Lipinski definition) is 0. The minimum absolute atomic E-state index is 0.369. The van der Waals surface area contributed by atoms with Gasteiger partial charge in [0, 0.05) is 43.5 Å². The summed E-state index contributed by atoms with van der Waals surface area (Å²) in [6.45, 7) is 3.53. The molecule has 0 N–H and O–H groups in total. The molecule has 1 saturated carbocycles. The zero-order valence-corrected chi connectivity index (χ0v) is 20.0. The number of aromatic nitrogens is 3. The molecule has 3 aromatic rings. The summed E-state index contributed by atoms with van der Waals surface area (Å²) >= 11 is 1.53. The van der Waals surface area contributed by atoms with Crippen molar-refractivity contribution in [1.29, 1.82) is 0 Å². The van der Waals surface area contributed by atoms with Crippen molar-refractivity contribution in [2.24, 2.45) is 0 Å². The number of halogens is 3. The molecule has 0 amide bonds. The van der Waals surface area contributed by atoms with Gasteiger partial charge in [-0.25, -0.2) is 15.0 Å². The summed E-state index contributed by atoms with van der Waals surface area (Å²) in [4.78, 5) is 19.2. The molecular weight excluding hydrogens is 459 g/mol. The van der Waals surface area contributed by atoms with E-state index < -0.39 is 11.7 Å². The number of anilines is 1. The minimum atomic E-state index is -4.41. The third-order valence-electron chi connectivity index (χ3n) is 6.85. The van der Waals surface area contributed by atoms with E-state index in [1.807, 2.05) is 6.20 Å². The Kier molecular flexibility index (Phi) is 6.57. The highest BCUT2D eigenvalue weighted by molar-refractivity contribution is 7.19. The first-order valence-corrected chi connectivity index (χ1v) is 12.6. The van der Waals surface area contributed by atoms with Gasteiger partial charge in [0.05, 0.1) is 21.8 Å². The van der Waals surface area contributed by atoms with Gasteiger partial charge in [-0.05, 0) is 37.9 Å². The van der Waals surface area contributed by atoms with Gasteiger partial charge < -0.3 is 9.80 Å². The van der Waals surface area contributed by atoms with E-state index in [9.17, 15) is 13.2 Å². The van der Waals surface area contributed by atoms with Gasteiger partial charge in [-0.1, -0.05) is 42.7 Å². The van der Waals surface area contributed by atoms with Crippen molar-refractivity contribution in [3.8, 4) is 21.8 Å². The van der Waals surface area contributed by atoms with Crippen LogP contribution >= 0.6 is 11.3 Å². The molecule has 34 heavy (non-hydrogen) atoms. The van der Waals surface area contributed by atoms with E-state index in [1.165, 1.54) is 49.1 Å². The SMILES string of the molecule is CN1CCN(c2nc(-c3cccc(C(F)(F)F)c3)c(-c3ncncc3C3CCCCC3)s2)CC1. The third-order valence-corrected chi connectivity index (χ3v) is 7.98. The maximum atomic E-state index is 13.5. The molecular formula is C25H28F3N5S. The number of rotatable bonds is 4. The lowest BCUT2D eigenvalue weighted by atomic mass is 9.83. The van der Waals surface area contributed by atoms with Gasteiger partial charge in [-0.15, -0.1) is 0 Å². The molecule has 0 atom stereocenters. The highest BCUT2D eigenvalue weighted by Crippen LogP contribution is 2.45. The van der Waals surface area contributed by atoms with Crippen molar-refractivity contribution < 1.29 is 13.2 Å². The summed E-state index contributed by atoms with van der Waals surface area (Å²) in [6, 6.07) is 5.48. The maximum absolute atomic E-state index is 13.5. The molecule has 9 heteroatoms. The summed E-state index contributed by atoms with van der Waals surface area (Å²) in [6.07, 6.45) is 4.78. The monoisotopic (exact) mass is 487 g/mol. The van der Waals surface area contributed by atoms with Crippen LogP contribution in [0, 0.1) is 0 Å². The summed E-state index contributed by atoms with van der Waals surface area (Å²) in [7, 11) is 2.09. The van der Waals surface area contributed by atoms with Crippen molar-refractivity contribution in [2.45, 2.75) is 44.2 Å². The standard InChI is InChI=1S/C25H28F3N5S/c1-32-10-12-33(13-11-32)24-31-21(18-8-5-9-19(14-18)25(26,27)28)23(34-24)22-20(15-29-16-30-22)17-6-3-2-4-7-17/h5,8-9,14-17H,2-4,6-7,10-13H2,1H3. The van der Waals surface area contributed by atoms with Crippen molar-refractivity contribution in [1.82, 2.24) is 19.9 Å². The summed E-state index contributed by atoms with van der Waals surface area (Å²) in [5.41, 5.74) is 2.27. The lowest BCUT2D eigenvalue weighted by Crippen LogP contribution is -2.44. The Morgan fingerprint density at radius 2 is 1.76 bits per heavy atom. The number of piperazine rings is 1. The summed E-state index contributed by atoms with van der Waals surface area (Å²) in [5.74, 6) is 0.369. The molecule has 2 fully saturated rings. The van der Waals surface area contributed by atoms with Gasteiger partial charge in [0.25, 0.3) is 0 Å². The molecule has 1 aliphatic carbocycles. The van der Waals surface area contributed by atoms with Crippen LogP contribution in [0.4, 0.5) is 18.3 Å². The molecule has 1 aliphatic heterocycles. The van der Waals surface area contributed by atoms with Gasteiger partial charge in [0.1, 0.15) is 6.33 Å². The molecule has 0 radical (unpaired) electrons. The number of nitrogens with zero attached hydrogens (tertiary/aromatic N) is 5. The van der Waals surface area contributed by atoms with E-state index in [1.54, 1.807) is 6.07 Å². The first-order chi connectivity index (χ1) is 16.4. The van der Waals surface area contributed by atoms with E-state index in [2.05, 4.69) is 26.8 Å². The van der Waals surface area contributed by atoms with E-state index in [-0.39, 0.29) is 0 Å². The molecule has 1 aromatic carbocycles. The topological polar surface area (TPSA) is 45.2 Å². The van der Waals surface area contributed by atoms with Crippen LogP contribution in [0.1, 0.15) is 49.1 Å². The van der Waals surface area contributed by atoms with E-state index in [4.69, 9.17) is 4.98 Å². The lowest BCUT2D eigenvalue weighted by Gasteiger charge is -2.32. The fourth-order valence-corrected chi connectivity index (χ4v) is 6.04. The number of benzene rings is 1. The molecule has 2 aliphatic rings. The van der Waals surface area contributed by atoms with E-state index >= 15 is 0 Å². The summed E-state index contributed by atoms with van der Waals surface area (Å²) in [5, 5.41) is 0.837. The zero-order valence-electron chi connectivity index (χ0n) is 19.2. The van der Waals surface area contributed by atoms with Crippen LogP contribution in [0.2, 0.25) is 0 Å². The fraction of sp³-hybridized carbons (Fsp3) is 0.480. The van der Waals surface area contributed by atoms with Crippen LogP contribution < -0.4 is 4.90 Å². The molecule has 0 spiro atoms. The second-order valence-electron chi connectivity index (χ2n) is 9.20. The fourth-order valence-electron chi connectivity index (χ4n) is 4.88. The van der Waals surface area contributed by atoms with Crippen LogP contribution in [-0.4, -0.2) is 53.1 Å². The number of hydrogen-bond acceptors (Lipinski definition) is 6. The predicted molar refractivity (Wildman–Crippen MR) is 129 cm³/mol. The van der Waals surface area contributed by atoms with Gasteiger partial charge in [0.15, 0.2) is 5.13 Å². The van der Waals surface area contributed by atoms with Crippen molar-refractivity contribution >= 4 is 16.5 Å². The Balaban J connectivity index is 1.62. The maximum Gasteiger partial charge on any atom is 0.416 e. The van der Waals surface area contributed by atoms with Gasteiger partial charge in [-0.3, -0.25) is 0 Å². The van der Waals surface area contributed by atoms with Crippen molar-refractivity contribution in [3.63, 3.8) is 0 Å². The molecule has 2 aromatic heterocycles. The molecule has 0 bridgehead atoms. The molecule has 0 unspecified atom stereocenters. The van der Waals surface area contributed by atoms with Gasteiger partial charge in [-0.2, -0.15) is 13.2 Å². The quantitative estimate of drug-likeness (QED) is 0.446. The van der Waals surface area contributed by atoms with E-state index in [0.29, 0.717) is 17.2 Å². The zero-order chi connectivity index (χ0) is 23.7. The van der Waals surface area contributed by atoms with Gasteiger partial charge in [0.2, 0.25) is 0 Å². The largest absolute Gasteiger partial charge is 0.416 e. The van der Waals surface area contributed by atoms with Gasteiger partial charge >= 0.3 is 6.18 Å². The Morgan fingerprint density at radius 1 is 1.00 bits per heavy atom. The Labute approximate surface area is 201 Å². The highest BCUT2D eigenvalue weighted by Gasteiger charge is 2.32. The minimum Gasteiger partial charge on any atom is -0.345 e. The average Bonchev–Trinajstić information content (AvgIpc) is 3.30. The Morgan fingerprint density at radius 3 is 2.50 bits per heavy atom. The number of thiazole rings is 1. The molecule has 5 nitrogen and oxygen atoms in total. The second-order valence-corrected chi connectivity index (χ2v) is 10.2.